The minimum absolute atomic E-state index is 0.206. The van der Waals surface area contributed by atoms with Crippen molar-refractivity contribution in [1.82, 2.24) is 4.90 Å². The molecular formula is C12H23F2N3O2. The van der Waals surface area contributed by atoms with Crippen LogP contribution < -0.4 is 5.73 Å². The first kappa shape index (κ1) is 17.6. The van der Waals surface area contributed by atoms with Crippen LogP contribution >= 0.6 is 0 Å². The molecule has 0 rings (SSSR count). The summed E-state index contributed by atoms with van der Waals surface area (Å²) >= 11 is 0. The highest BCUT2D eigenvalue weighted by Crippen LogP contribution is 2.32. The van der Waals surface area contributed by atoms with E-state index in [-0.39, 0.29) is 5.84 Å². The Labute approximate surface area is 112 Å². The van der Waals surface area contributed by atoms with Crippen LogP contribution in [0.5, 0.6) is 0 Å². The molecule has 0 spiro atoms. The predicted molar refractivity (Wildman–Crippen MR) is 69.3 cm³/mol. The molecule has 0 bridgehead atoms. The van der Waals surface area contributed by atoms with E-state index >= 15 is 0 Å². The molecule has 0 fully saturated rings. The number of alkyl halides is 2. The van der Waals surface area contributed by atoms with Crippen LogP contribution in [0.1, 0.15) is 39.5 Å². The van der Waals surface area contributed by atoms with Crippen LogP contribution in [0.25, 0.3) is 0 Å². The summed E-state index contributed by atoms with van der Waals surface area (Å²) in [5.41, 5.74) is 4.47. The lowest BCUT2D eigenvalue weighted by molar-refractivity contribution is -0.139. The molecule has 5 nitrogen and oxygen atoms in total. The monoisotopic (exact) mass is 279 g/mol. The zero-order chi connectivity index (χ0) is 15.1. The van der Waals surface area contributed by atoms with Crippen LogP contribution in [0.4, 0.5) is 8.78 Å². The largest absolute Gasteiger partial charge is 0.409 e. The third-order valence-electron chi connectivity index (χ3n) is 3.12. The maximum Gasteiger partial charge on any atom is 0.255 e. The second kappa shape index (κ2) is 7.91. The van der Waals surface area contributed by atoms with Crippen LogP contribution in [0.15, 0.2) is 5.16 Å². The molecule has 0 heterocycles. The quantitative estimate of drug-likeness (QED) is 0.309. The normalized spacial score (nSPS) is 12.8. The van der Waals surface area contributed by atoms with Crippen LogP contribution in [0.3, 0.4) is 0 Å². The van der Waals surface area contributed by atoms with Gasteiger partial charge < -0.3 is 15.8 Å². The summed E-state index contributed by atoms with van der Waals surface area (Å²) in [5.74, 6) is -0.728. The van der Waals surface area contributed by atoms with Gasteiger partial charge >= 0.3 is 0 Å². The lowest BCUT2D eigenvalue weighted by Gasteiger charge is -2.34. The van der Waals surface area contributed by atoms with E-state index in [0.717, 1.165) is 4.90 Å². The maximum atomic E-state index is 12.4. The van der Waals surface area contributed by atoms with E-state index in [9.17, 15) is 13.6 Å². The number of nitrogens with two attached hydrogens (primary N) is 1. The van der Waals surface area contributed by atoms with Crippen molar-refractivity contribution in [3.05, 3.63) is 0 Å². The van der Waals surface area contributed by atoms with Crippen molar-refractivity contribution >= 4 is 11.7 Å². The summed E-state index contributed by atoms with van der Waals surface area (Å²) < 4.78 is 24.8. The second-order valence-corrected chi connectivity index (χ2v) is 4.64. The van der Waals surface area contributed by atoms with Crippen molar-refractivity contribution in [2.45, 2.75) is 46.0 Å². The molecule has 0 saturated heterocycles. The fraction of sp³-hybridized carbons (Fsp3) is 0.833. The SMILES string of the molecule is CCCC(CCC)(C(=O)N(C)CC(F)F)C(N)=NO. The predicted octanol–water partition coefficient (Wildman–Crippen LogP) is 2.04. The highest BCUT2D eigenvalue weighted by atomic mass is 19.3. The topological polar surface area (TPSA) is 78.9 Å². The van der Waals surface area contributed by atoms with E-state index in [1.54, 1.807) is 0 Å². The van der Waals surface area contributed by atoms with Crippen molar-refractivity contribution in [3.63, 3.8) is 0 Å². The highest BCUT2D eigenvalue weighted by Gasteiger charge is 2.43. The van der Waals surface area contributed by atoms with Crippen LogP contribution in [-0.4, -0.2) is 41.9 Å². The molecule has 1 amide bonds. The standard InChI is InChI=1S/C12H23F2N3O2/c1-4-6-12(7-5-2,10(15)16-19)11(18)17(3)8-9(13)14/h9,19H,4-8H2,1-3H3,(H2,15,16). The lowest BCUT2D eigenvalue weighted by Crippen LogP contribution is -2.51. The van der Waals surface area contributed by atoms with Crippen molar-refractivity contribution in [2.24, 2.45) is 16.3 Å². The molecule has 112 valence electrons. The zero-order valence-corrected chi connectivity index (χ0v) is 11.7. The number of amides is 1. The Morgan fingerprint density at radius 3 is 2.16 bits per heavy atom. The smallest absolute Gasteiger partial charge is 0.255 e. The molecule has 0 radical (unpaired) electrons. The molecule has 0 aromatic carbocycles. The molecule has 0 aromatic heterocycles. The number of nitrogens with zero attached hydrogens (tertiary/aromatic N) is 2. The molecule has 0 aromatic rings. The lowest BCUT2D eigenvalue weighted by atomic mass is 9.76. The average molecular weight is 279 g/mol. The maximum absolute atomic E-state index is 12.4. The number of rotatable bonds is 8. The summed E-state index contributed by atoms with van der Waals surface area (Å²) in [6.07, 6.45) is -0.622. The van der Waals surface area contributed by atoms with E-state index < -0.39 is 24.3 Å². The number of oxime groups is 1. The van der Waals surface area contributed by atoms with Gasteiger partial charge in [-0.3, -0.25) is 4.79 Å². The van der Waals surface area contributed by atoms with E-state index in [1.165, 1.54) is 7.05 Å². The number of amidine groups is 1. The number of hydrogen-bond donors (Lipinski definition) is 2. The molecular weight excluding hydrogens is 256 g/mol. The fourth-order valence-electron chi connectivity index (χ4n) is 2.31. The first-order valence-corrected chi connectivity index (χ1v) is 6.37. The van der Waals surface area contributed by atoms with Gasteiger partial charge in [-0.05, 0) is 12.8 Å². The van der Waals surface area contributed by atoms with E-state index in [0.29, 0.717) is 25.7 Å². The number of halogens is 2. The van der Waals surface area contributed by atoms with Gasteiger partial charge in [0, 0.05) is 7.05 Å². The van der Waals surface area contributed by atoms with Gasteiger partial charge in [0.2, 0.25) is 5.91 Å². The summed E-state index contributed by atoms with van der Waals surface area (Å²) in [4.78, 5) is 13.4. The molecule has 0 aliphatic carbocycles. The summed E-state index contributed by atoms with van der Waals surface area (Å²) in [5, 5.41) is 11.8. The van der Waals surface area contributed by atoms with Gasteiger partial charge in [-0.1, -0.05) is 31.8 Å². The van der Waals surface area contributed by atoms with Crippen molar-refractivity contribution in [1.29, 1.82) is 0 Å². The molecule has 0 unspecified atom stereocenters. The molecule has 0 aliphatic heterocycles. The Kier molecular flexibility index (Phi) is 7.33. The summed E-state index contributed by atoms with van der Waals surface area (Å²) in [6.45, 7) is 3.05. The fourth-order valence-corrected chi connectivity index (χ4v) is 2.31. The third-order valence-corrected chi connectivity index (χ3v) is 3.12. The molecule has 0 saturated carbocycles. The zero-order valence-electron chi connectivity index (χ0n) is 11.7. The van der Waals surface area contributed by atoms with E-state index in [4.69, 9.17) is 10.9 Å². The van der Waals surface area contributed by atoms with Gasteiger partial charge in [0.1, 0.15) is 5.41 Å². The third kappa shape index (κ3) is 4.33. The molecule has 3 N–H and O–H groups in total. The first-order chi connectivity index (χ1) is 8.85. The molecule has 0 aliphatic rings. The highest BCUT2D eigenvalue weighted by molar-refractivity contribution is 6.06. The van der Waals surface area contributed by atoms with E-state index in [2.05, 4.69) is 5.16 Å². The van der Waals surface area contributed by atoms with Crippen LogP contribution in [0.2, 0.25) is 0 Å². The Balaban J connectivity index is 5.36. The van der Waals surface area contributed by atoms with Gasteiger partial charge in [0.05, 0.1) is 6.54 Å². The van der Waals surface area contributed by atoms with Gasteiger partial charge in [0.15, 0.2) is 5.84 Å². The van der Waals surface area contributed by atoms with Crippen molar-refractivity contribution in [3.8, 4) is 0 Å². The molecule has 0 atom stereocenters. The van der Waals surface area contributed by atoms with Gasteiger partial charge in [0.25, 0.3) is 6.43 Å². The second-order valence-electron chi connectivity index (χ2n) is 4.64. The summed E-state index contributed by atoms with van der Waals surface area (Å²) in [6, 6.07) is 0. The Hall–Kier alpha value is -1.40. The molecule has 7 heteroatoms. The average Bonchev–Trinajstić information content (AvgIpc) is 2.35. The van der Waals surface area contributed by atoms with E-state index in [1.807, 2.05) is 13.8 Å². The number of carbonyl (C=O) groups excluding carboxylic acids is 1. The Bertz CT molecular complexity index is 316. The van der Waals surface area contributed by atoms with Gasteiger partial charge in [-0.15, -0.1) is 0 Å². The minimum atomic E-state index is -2.61. The van der Waals surface area contributed by atoms with Gasteiger partial charge in [-0.2, -0.15) is 0 Å². The van der Waals surface area contributed by atoms with Crippen LogP contribution in [0, 0.1) is 5.41 Å². The Morgan fingerprint density at radius 2 is 1.84 bits per heavy atom. The Morgan fingerprint density at radius 1 is 1.37 bits per heavy atom. The van der Waals surface area contributed by atoms with Crippen molar-refractivity contribution < 1.29 is 18.8 Å². The van der Waals surface area contributed by atoms with Gasteiger partial charge in [-0.25, -0.2) is 8.78 Å². The minimum Gasteiger partial charge on any atom is -0.409 e. The number of carbonyl (C=O) groups is 1. The molecule has 19 heavy (non-hydrogen) atoms. The first-order valence-electron chi connectivity index (χ1n) is 6.37. The number of hydrogen-bond acceptors (Lipinski definition) is 3. The van der Waals surface area contributed by atoms with Crippen LogP contribution in [-0.2, 0) is 4.79 Å². The van der Waals surface area contributed by atoms with Crippen molar-refractivity contribution in [2.75, 3.05) is 13.6 Å². The summed E-state index contributed by atoms with van der Waals surface area (Å²) in [7, 11) is 1.30.